The van der Waals surface area contributed by atoms with E-state index in [4.69, 9.17) is 17.3 Å². The number of hydrogen-bond donors (Lipinski definition) is 2. The van der Waals surface area contributed by atoms with Gasteiger partial charge in [-0.3, -0.25) is 0 Å². The molecule has 2 rings (SSSR count). The van der Waals surface area contributed by atoms with Gasteiger partial charge in [0.05, 0.1) is 5.02 Å². The average Bonchev–Trinajstić information content (AvgIpc) is 2.43. The summed E-state index contributed by atoms with van der Waals surface area (Å²) in [4.78, 5) is 4.14. The van der Waals surface area contributed by atoms with E-state index in [2.05, 4.69) is 39.2 Å². The second kappa shape index (κ2) is 7.07. The molecule has 0 saturated heterocycles. The predicted molar refractivity (Wildman–Crippen MR) is 87.9 cm³/mol. The van der Waals surface area contributed by atoms with Crippen molar-refractivity contribution in [3.63, 3.8) is 0 Å². The van der Waals surface area contributed by atoms with Crippen LogP contribution in [0.3, 0.4) is 0 Å². The van der Waals surface area contributed by atoms with Gasteiger partial charge in [-0.1, -0.05) is 52.7 Å². The van der Waals surface area contributed by atoms with Crippen LogP contribution >= 0.6 is 27.5 Å². The van der Waals surface area contributed by atoms with E-state index in [1.807, 2.05) is 24.3 Å². The monoisotopic (exact) mass is 353 g/mol. The van der Waals surface area contributed by atoms with Gasteiger partial charge in [-0.15, -0.1) is 0 Å². The van der Waals surface area contributed by atoms with E-state index < -0.39 is 0 Å². The van der Waals surface area contributed by atoms with Crippen LogP contribution in [-0.4, -0.2) is 11.5 Å². The Labute approximate surface area is 132 Å². The van der Waals surface area contributed by atoms with Gasteiger partial charge >= 0.3 is 0 Å². The highest BCUT2D eigenvalue weighted by molar-refractivity contribution is 9.10. The third kappa shape index (κ3) is 3.72. The molecule has 0 spiro atoms. The summed E-state index contributed by atoms with van der Waals surface area (Å²) in [6.45, 7) is 2.92. The lowest BCUT2D eigenvalue weighted by Crippen LogP contribution is -2.24. The summed E-state index contributed by atoms with van der Waals surface area (Å²) in [5.74, 6) is 0.521. The number of hydrogen-bond acceptors (Lipinski definition) is 3. The average molecular weight is 355 g/mol. The molecule has 1 heterocycles. The number of aromatic nitrogens is 1. The van der Waals surface area contributed by atoms with Gasteiger partial charge < -0.3 is 11.1 Å². The fourth-order valence-corrected chi connectivity index (χ4v) is 2.78. The SMILES string of the molecule is CCNC(Cc1ccccc1Br)c1cc(Cl)cnc1N. The minimum absolute atomic E-state index is 0.0879. The van der Waals surface area contributed by atoms with Crippen LogP contribution in [0.4, 0.5) is 5.82 Å². The third-order valence-electron chi connectivity index (χ3n) is 3.12. The number of nitrogens with zero attached hydrogens (tertiary/aromatic N) is 1. The molecular formula is C15H17BrClN3. The van der Waals surface area contributed by atoms with Crippen molar-refractivity contribution in [1.82, 2.24) is 10.3 Å². The van der Waals surface area contributed by atoms with Crippen molar-refractivity contribution in [2.75, 3.05) is 12.3 Å². The Balaban J connectivity index is 2.32. The largest absolute Gasteiger partial charge is 0.383 e. The van der Waals surface area contributed by atoms with Gasteiger partial charge in [0.1, 0.15) is 5.82 Å². The van der Waals surface area contributed by atoms with Crippen LogP contribution in [0.25, 0.3) is 0 Å². The number of nitrogen functional groups attached to an aromatic ring is 1. The molecule has 1 aromatic heterocycles. The summed E-state index contributed by atoms with van der Waals surface area (Å²) in [5.41, 5.74) is 8.15. The Morgan fingerprint density at radius 3 is 2.85 bits per heavy atom. The Bertz CT molecular complexity index is 589. The molecule has 3 nitrogen and oxygen atoms in total. The molecule has 0 saturated carbocycles. The van der Waals surface area contributed by atoms with Crippen molar-refractivity contribution in [1.29, 1.82) is 0 Å². The number of likely N-dealkylation sites (N-methyl/N-ethyl adjacent to an activating group) is 1. The van der Waals surface area contributed by atoms with E-state index in [0.29, 0.717) is 10.8 Å². The molecular weight excluding hydrogens is 338 g/mol. The van der Waals surface area contributed by atoms with E-state index in [1.165, 1.54) is 5.56 Å². The third-order valence-corrected chi connectivity index (χ3v) is 4.10. The van der Waals surface area contributed by atoms with Gasteiger partial charge in [0.25, 0.3) is 0 Å². The molecule has 1 unspecified atom stereocenters. The predicted octanol–water partition coefficient (Wildman–Crippen LogP) is 3.97. The molecule has 0 amide bonds. The minimum Gasteiger partial charge on any atom is -0.383 e. The Morgan fingerprint density at radius 2 is 2.15 bits per heavy atom. The van der Waals surface area contributed by atoms with E-state index in [1.54, 1.807) is 6.20 Å². The molecule has 2 aromatic rings. The zero-order valence-electron chi connectivity index (χ0n) is 11.2. The molecule has 20 heavy (non-hydrogen) atoms. The number of nitrogens with one attached hydrogen (secondary N) is 1. The van der Waals surface area contributed by atoms with E-state index in [9.17, 15) is 0 Å². The number of pyridine rings is 1. The van der Waals surface area contributed by atoms with Gasteiger partial charge in [-0.2, -0.15) is 0 Å². The van der Waals surface area contributed by atoms with Crippen LogP contribution in [0, 0.1) is 0 Å². The molecule has 0 aliphatic heterocycles. The molecule has 0 bridgehead atoms. The highest BCUT2D eigenvalue weighted by atomic mass is 79.9. The standard InChI is InChI=1S/C15H17BrClN3/c1-2-19-14(7-10-5-3-4-6-13(10)16)12-8-11(17)9-20-15(12)18/h3-6,8-9,14,19H,2,7H2,1H3,(H2,18,20). The summed E-state index contributed by atoms with van der Waals surface area (Å²) >= 11 is 9.62. The van der Waals surface area contributed by atoms with Crippen LogP contribution in [0.1, 0.15) is 24.1 Å². The fraction of sp³-hybridized carbons (Fsp3) is 0.267. The number of benzene rings is 1. The molecule has 3 N–H and O–H groups in total. The molecule has 0 fully saturated rings. The van der Waals surface area contributed by atoms with Crippen molar-refractivity contribution >= 4 is 33.3 Å². The molecule has 0 aliphatic rings. The Kier molecular flexibility index (Phi) is 5.40. The molecule has 0 radical (unpaired) electrons. The zero-order chi connectivity index (χ0) is 14.5. The van der Waals surface area contributed by atoms with Gasteiger partial charge in [-0.25, -0.2) is 4.98 Å². The number of anilines is 1. The first-order valence-corrected chi connectivity index (χ1v) is 7.66. The van der Waals surface area contributed by atoms with Gasteiger partial charge in [0, 0.05) is 22.3 Å². The summed E-state index contributed by atoms with van der Waals surface area (Å²) < 4.78 is 1.09. The van der Waals surface area contributed by atoms with Gasteiger partial charge in [0.15, 0.2) is 0 Å². The lowest BCUT2D eigenvalue weighted by molar-refractivity contribution is 0.549. The van der Waals surface area contributed by atoms with Crippen molar-refractivity contribution in [3.05, 3.63) is 57.2 Å². The summed E-state index contributed by atoms with van der Waals surface area (Å²) in [6, 6.07) is 10.1. The van der Waals surface area contributed by atoms with Crippen LogP contribution in [0.15, 0.2) is 41.0 Å². The maximum atomic E-state index is 6.04. The lowest BCUT2D eigenvalue weighted by atomic mass is 9.99. The lowest BCUT2D eigenvalue weighted by Gasteiger charge is -2.20. The second-order valence-corrected chi connectivity index (χ2v) is 5.82. The van der Waals surface area contributed by atoms with Crippen molar-refractivity contribution in [2.24, 2.45) is 0 Å². The highest BCUT2D eigenvalue weighted by Gasteiger charge is 2.16. The maximum absolute atomic E-state index is 6.04. The van der Waals surface area contributed by atoms with Gasteiger partial charge in [0.2, 0.25) is 0 Å². The van der Waals surface area contributed by atoms with E-state index >= 15 is 0 Å². The Hall–Kier alpha value is -1.10. The van der Waals surface area contributed by atoms with E-state index in [0.717, 1.165) is 23.0 Å². The molecule has 1 aromatic carbocycles. The van der Waals surface area contributed by atoms with Crippen LogP contribution in [0.2, 0.25) is 5.02 Å². The molecule has 106 valence electrons. The first kappa shape index (κ1) is 15.3. The molecule has 0 aliphatic carbocycles. The number of halogens is 2. The minimum atomic E-state index is 0.0879. The second-order valence-electron chi connectivity index (χ2n) is 4.53. The summed E-state index contributed by atoms with van der Waals surface area (Å²) in [6.07, 6.45) is 2.39. The zero-order valence-corrected chi connectivity index (χ0v) is 13.6. The molecule has 5 heteroatoms. The van der Waals surface area contributed by atoms with Gasteiger partial charge in [-0.05, 0) is 30.7 Å². The van der Waals surface area contributed by atoms with Crippen molar-refractivity contribution in [2.45, 2.75) is 19.4 Å². The first-order chi connectivity index (χ1) is 9.61. The normalized spacial score (nSPS) is 12.3. The maximum Gasteiger partial charge on any atom is 0.128 e. The first-order valence-electron chi connectivity index (χ1n) is 6.49. The summed E-state index contributed by atoms with van der Waals surface area (Å²) in [7, 11) is 0. The number of nitrogens with two attached hydrogens (primary N) is 1. The Morgan fingerprint density at radius 1 is 1.40 bits per heavy atom. The van der Waals surface area contributed by atoms with Crippen LogP contribution in [-0.2, 0) is 6.42 Å². The topological polar surface area (TPSA) is 50.9 Å². The van der Waals surface area contributed by atoms with Crippen molar-refractivity contribution in [3.8, 4) is 0 Å². The van der Waals surface area contributed by atoms with Crippen LogP contribution < -0.4 is 11.1 Å². The van der Waals surface area contributed by atoms with Crippen molar-refractivity contribution < 1.29 is 0 Å². The van der Waals surface area contributed by atoms with E-state index in [-0.39, 0.29) is 6.04 Å². The summed E-state index contributed by atoms with van der Waals surface area (Å²) in [5, 5.41) is 4.04. The highest BCUT2D eigenvalue weighted by Crippen LogP contribution is 2.27. The van der Waals surface area contributed by atoms with Crippen LogP contribution in [0.5, 0.6) is 0 Å². The smallest absolute Gasteiger partial charge is 0.128 e. The fourth-order valence-electron chi connectivity index (χ4n) is 2.17. The molecule has 1 atom stereocenters. The number of rotatable bonds is 5. The quantitative estimate of drug-likeness (QED) is 0.854.